The van der Waals surface area contributed by atoms with E-state index < -0.39 is 0 Å². The fraction of sp³-hybridized carbons (Fsp3) is 0.167. The molecular weight excluding hydrogens is 432 g/mol. The second kappa shape index (κ2) is 8.83. The van der Waals surface area contributed by atoms with Crippen LogP contribution in [0.3, 0.4) is 0 Å². The highest BCUT2D eigenvalue weighted by atomic mass is 79.9. The minimum atomic E-state index is 0.297. The van der Waals surface area contributed by atoms with Gasteiger partial charge in [0.15, 0.2) is 5.11 Å². The SMILES string of the molecule is COc1ccc(NC(=S)NCc2nc(-c3cccc(Br)c3)no2)c(OC)c1. The van der Waals surface area contributed by atoms with Gasteiger partial charge in [0.05, 0.1) is 26.5 Å². The summed E-state index contributed by atoms with van der Waals surface area (Å²) in [4.78, 5) is 4.37. The van der Waals surface area contributed by atoms with E-state index in [4.69, 9.17) is 26.2 Å². The number of nitrogens with one attached hydrogen (secondary N) is 2. The van der Waals surface area contributed by atoms with Gasteiger partial charge in [-0.3, -0.25) is 0 Å². The number of methoxy groups -OCH3 is 2. The summed E-state index contributed by atoms with van der Waals surface area (Å²) in [6.07, 6.45) is 0. The van der Waals surface area contributed by atoms with Crippen molar-refractivity contribution in [3.8, 4) is 22.9 Å². The van der Waals surface area contributed by atoms with Crippen LogP contribution in [0.1, 0.15) is 5.89 Å². The molecule has 0 unspecified atom stereocenters. The highest BCUT2D eigenvalue weighted by Gasteiger charge is 2.11. The summed E-state index contributed by atoms with van der Waals surface area (Å²) in [6, 6.07) is 13.1. The van der Waals surface area contributed by atoms with E-state index >= 15 is 0 Å². The van der Waals surface area contributed by atoms with Gasteiger partial charge in [-0.2, -0.15) is 4.98 Å². The van der Waals surface area contributed by atoms with Gasteiger partial charge in [0.1, 0.15) is 11.5 Å². The van der Waals surface area contributed by atoms with Crippen molar-refractivity contribution >= 4 is 38.9 Å². The number of benzene rings is 2. The number of hydrogen-bond acceptors (Lipinski definition) is 6. The van der Waals surface area contributed by atoms with Gasteiger partial charge in [0.25, 0.3) is 0 Å². The highest BCUT2D eigenvalue weighted by Crippen LogP contribution is 2.29. The van der Waals surface area contributed by atoms with Crippen molar-refractivity contribution < 1.29 is 14.0 Å². The Morgan fingerprint density at radius 2 is 2.04 bits per heavy atom. The van der Waals surface area contributed by atoms with Crippen LogP contribution in [0.5, 0.6) is 11.5 Å². The highest BCUT2D eigenvalue weighted by molar-refractivity contribution is 9.10. The van der Waals surface area contributed by atoms with E-state index in [2.05, 4.69) is 36.7 Å². The molecule has 0 aliphatic carbocycles. The first-order chi connectivity index (χ1) is 13.1. The molecule has 3 aromatic rings. The summed E-state index contributed by atoms with van der Waals surface area (Å²) in [5.41, 5.74) is 1.58. The van der Waals surface area contributed by atoms with Crippen molar-refractivity contribution in [2.45, 2.75) is 6.54 Å². The molecule has 0 saturated carbocycles. The molecule has 7 nitrogen and oxygen atoms in total. The Hall–Kier alpha value is -2.65. The van der Waals surface area contributed by atoms with Crippen LogP contribution < -0.4 is 20.1 Å². The number of anilines is 1. The van der Waals surface area contributed by atoms with Crippen LogP contribution in [-0.2, 0) is 6.54 Å². The molecule has 2 N–H and O–H groups in total. The zero-order chi connectivity index (χ0) is 19.2. The molecule has 2 aromatic carbocycles. The van der Waals surface area contributed by atoms with Crippen molar-refractivity contribution in [2.24, 2.45) is 0 Å². The molecule has 0 fully saturated rings. The van der Waals surface area contributed by atoms with Gasteiger partial charge in [-0.1, -0.05) is 33.2 Å². The number of hydrogen-bond donors (Lipinski definition) is 2. The lowest BCUT2D eigenvalue weighted by Gasteiger charge is -2.13. The molecule has 1 aromatic heterocycles. The Balaban J connectivity index is 1.60. The van der Waals surface area contributed by atoms with Gasteiger partial charge in [0.2, 0.25) is 11.7 Å². The Morgan fingerprint density at radius 3 is 2.78 bits per heavy atom. The maximum atomic E-state index is 5.34. The lowest BCUT2D eigenvalue weighted by molar-refractivity contribution is 0.376. The maximum Gasteiger partial charge on any atom is 0.246 e. The largest absolute Gasteiger partial charge is 0.497 e. The Labute approximate surface area is 170 Å². The fourth-order valence-corrected chi connectivity index (χ4v) is 2.88. The van der Waals surface area contributed by atoms with E-state index in [1.54, 1.807) is 20.3 Å². The molecular formula is C18H17BrN4O3S. The molecule has 0 atom stereocenters. The normalized spacial score (nSPS) is 10.3. The summed E-state index contributed by atoms with van der Waals surface area (Å²) < 4.78 is 16.7. The van der Waals surface area contributed by atoms with E-state index in [9.17, 15) is 0 Å². The van der Waals surface area contributed by atoms with Crippen LogP contribution >= 0.6 is 28.1 Å². The van der Waals surface area contributed by atoms with E-state index in [0.717, 1.165) is 15.7 Å². The molecule has 0 aliphatic rings. The second-order valence-electron chi connectivity index (χ2n) is 5.40. The van der Waals surface area contributed by atoms with Crippen LogP contribution in [0.15, 0.2) is 51.5 Å². The fourth-order valence-electron chi connectivity index (χ4n) is 2.30. The molecule has 0 saturated heterocycles. The minimum absolute atomic E-state index is 0.297. The van der Waals surface area contributed by atoms with Gasteiger partial charge in [0, 0.05) is 16.1 Å². The number of ether oxygens (including phenoxy) is 2. The average molecular weight is 449 g/mol. The first-order valence-electron chi connectivity index (χ1n) is 7.94. The third kappa shape index (κ3) is 4.95. The third-order valence-corrected chi connectivity index (χ3v) is 4.35. The first kappa shape index (κ1) is 19.1. The maximum absolute atomic E-state index is 5.34. The quantitative estimate of drug-likeness (QED) is 0.547. The van der Waals surface area contributed by atoms with Crippen LogP contribution in [0.4, 0.5) is 5.69 Å². The number of thiocarbonyl (C=S) groups is 1. The van der Waals surface area contributed by atoms with Crippen LogP contribution in [0.25, 0.3) is 11.4 Å². The molecule has 0 spiro atoms. The molecule has 3 rings (SSSR count). The molecule has 0 radical (unpaired) electrons. The molecule has 140 valence electrons. The molecule has 0 aliphatic heterocycles. The summed E-state index contributed by atoms with van der Waals surface area (Å²) in [7, 11) is 3.18. The summed E-state index contributed by atoms with van der Waals surface area (Å²) in [6.45, 7) is 0.297. The standard InChI is InChI=1S/C18H17BrN4O3S/c1-24-13-6-7-14(15(9-13)25-2)21-18(27)20-10-16-22-17(23-26-16)11-4-3-5-12(19)8-11/h3-9H,10H2,1-2H3,(H2,20,21,27). The van der Waals surface area contributed by atoms with E-state index in [-0.39, 0.29) is 0 Å². The van der Waals surface area contributed by atoms with Gasteiger partial charge in [-0.15, -0.1) is 0 Å². The predicted molar refractivity (Wildman–Crippen MR) is 110 cm³/mol. The molecule has 9 heteroatoms. The summed E-state index contributed by atoms with van der Waals surface area (Å²) in [5.74, 6) is 2.26. The van der Waals surface area contributed by atoms with Crippen LogP contribution in [-0.4, -0.2) is 29.5 Å². The van der Waals surface area contributed by atoms with Crippen LogP contribution in [0.2, 0.25) is 0 Å². The zero-order valence-corrected chi connectivity index (χ0v) is 17.1. The summed E-state index contributed by atoms with van der Waals surface area (Å²) in [5, 5.41) is 10.5. The van der Waals surface area contributed by atoms with Gasteiger partial charge in [-0.25, -0.2) is 0 Å². The second-order valence-corrected chi connectivity index (χ2v) is 6.72. The molecule has 0 amide bonds. The van der Waals surface area contributed by atoms with Gasteiger partial charge < -0.3 is 24.6 Å². The average Bonchev–Trinajstić information content (AvgIpc) is 3.16. The van der Waals surface area contributed by atoms with Crippen molar-refractivity contribution in [1.82, 2.24) is 15.5 Å². The smallest absolute Gasteiger partial charge is 0.246 e. The number of nitrogens with zero attached hydrogens (tertiary/aromatic N) is 2. The van der Waals surface area contributed by atoms with Gasteiger partial charge in [-0.05, 0) is 36.5 Å². The third-order valence-electron chi connectivity index (χ3n) is 3.61. The van der Waals surface area contributed by atoms with E-state index in [1.165, 1.54) is 0 Å². The molecule has 0 bridgehead atoms. The van der Waals surface area contributed by atoms with Crippen LogP contribution in [0, 0.1) is 0 Å². The van der Waals surface area contributed by atoms with Crippen molar-refractivity contribution in [3.63, 3.8) is 0 Å². The molecule has 1 heterocycles. The summed E-state index contributed by atoms with van der Waals surface area (Å²) >= 11 is 8.74. The number of rotatable bonds is 6. The van der Waals surface area contributed by atoms with Crippen molar-refractivity contribution in [1.29, 1.82) is 0 Å². The van der Waals surface area contributed by atoms with Crippen molar-refractivity contribution in [3.05, 3.63) is 52.8 Å². The van der Waals surface area contributed by atoms with E-state index in [1.807, 2.05) is 36.4 Å². The predicted octanol–water partition coefficient (Wildman–Crippen LogP) is 4.00. The molecule has 27 heavy (non-hydrogen) atoms. The first-order valence-corrected chi connectivity index (χ1v) is 9.14. The van der Waals surface area contributed by atoms with E-state index in [0.29, 0.717) is 34.9 Å². The topological polar surface area (TPSA) is 81.4 Å². The minimum Gasteiger partial charge on any atom is -0.497 e. The Morgan fingerprint density at radius 1 is 1.19 bits per heavy atom. The number of halogens is 1. The lowest BCUT2D eigenvalue weighted by atomic mass is 10.2. The van der Waals surface area contributed by atoms with Crippen molar-refractivity contribution in [2.75, 3.05) is 19.5 Å². The number of aromatic nitrogens is 2. The van der Waals surface area contributed by atoms with Gasteiger partial charge >= 0.3 is 0 Å². The Bertz CT molecular complexity index is 948. The lowest BCUT2D eigenvalue weighted by Crippen LogP contribution is -2.28. The Kier molecular flexibility index (Phi) is 6.25. The monoisotopic (exact) mass is 448 g/mol. The zero-order valence-electron chi connectivity index (χ0n) is 14.7.